The Morgan fingerprint density at radius 1 is 0.529 bits per heavy atom. The van der Waals surface area contributed by atoms with Crippen molar-refractivity contribution in [2.45, 2.75) is 247 Å². The number of hydrogen-bond acceptors (Lipinski definition) is 18. The number of aliphatic imine (C=N–C) groups is 3. The van der Waals surface area contributed by atoms with Crippen LogP contribution in [-0.2, 0) is 66.7 Å². The first kappa shape index (κ1) is 72.1. The van der Waals surface area contributed by atoms with E-state index in [1.54, 1.807) is 0 Å². The number of unbranched alkanes of at least 4 members (excludes halogenated alkanes) is 15. The van der Waals surface area contributed by atoms with Crippen LogP contribution in [0.3, 0.4) is 0 Å². The van der Waals surface area contributed by atoms with Gasteiger partial charge in [0.2, 0.25) is 0 Å². The van der Waals surface area contributed by atoms with Gasteiger partial charge < -0.3 is 38.5 Å². The van der Waals surface area contributed by atoms with E-state index in [0.29, 0.717) is 51.8 Å². The van der Waals surface area contributed by atoms with E-state index in [9.17, 15) is 33.6 Å². The molecule has 5 rings (SSSR count). The first-order chi connectivity index (χ1) is 41.3. The van der Waals surface area contributed by atoms with E-state index in [0.717, 1.165) is 25.7 Å². The summed E-state index contributed by atoms with van der Waals surface area (Å²) in [4.78, 5) is 113. The first-order valence-corrected chi connectivity index (χ1v) is 32.6. The molecule has 0 unspecified atom stereocenters. The Labute approximate surface area is 520 Å². The minimum absolute atomic E-state index is 0.0173. The molecule has 87 heavy (non-hydrogen) atoms. The van der Waals surface area contributed by atoms with E-state index in [1.165, 1.54) is 120 Å². The molecule has 488 valence electrons. The molecule has 9 atom stereocenters. The molecule has 18 heteroatoms. The van der Waals surface area contributed by atoms with Crippen LogP contribution >= 0.6 is 0 Å². The van der Waals surface area contributed by atoms with Crippen LogP contribution in [0.2, 0.25) is 0 Å². The molecule has 0 radical (unpaired) electrons. The van der Waals surface area contributed by atoms with E-state index in [2.05, 4.69) is 26.1 Å². The molecule has 5 aliphatic rings. The van der Waals surface area contributed by atoms with Crippen LogP contribution in [-0.4, -0.2) is 120 Å². The highest BCUT2D eigenvalue weighted by Gasteiger charge is 2.67. The van der Waals surface area contributed by atoms with Gasteiger partial charge in [0, 0.05) is 105 Å². The minimum Gasteiger partial charge on any atom is -0.469 e. The summed E-state index contributed by atoms with van der Waals surface area (Å²) in [6, 6.07) is -0.893. The molecule has 0 saturated carbocycles. The summed E-state index contributed by atoms with van der Waals surface area (Å²) in [5.41, 5.74) is -0.388. The van der Waals surface area contributed by atoms with Gasteiger partial charge in [-0.2, -0.15) is 0 Å². The van der Waals surface area contributed by atoms with Crippen LogP contribution in [0.4, 0.5) is 0 Å². The fourth-order valence-electron chi connectivity index (χ4n) is 15.1. The van der Waals surface area contributed by atoms with Crippen LogP contribution < -0.4 is 5.32 Å². The molecule has 0 aromatic rings. The Hall–Kier alpha value is -5.68. The molecule has 1 fully saturated rings. The quantitative estimate of drug-likeness (QED) is 0.0353. The van der Waals surface area contributed by atoms with Gasteiger partial charge in [-0.25, -0.2) is 0 Å². The Bertz CT molecular complexity index is 2650. The number of carbonyl (C=O) groups excluding carboxylic acids is 7. The molecular formula is C69H108N4O14. The second kappa shape index (κ2) is 32.7. The average molecular weight is 1220 g/mol. The third-order valence-electron chi connectivity index (χ3n) is 20.9. The molecular weight excluding hydrogens is 1110 g/mol. The maximum Gasteiger partial charge on any atom is 0.306 e. The Kier molecular flexibility index (Phi) is 27.1. The maximum absolute atomic E-state index is 14.7. The van der Waals surface area contributed by atoms with Crippen molar-refractivity contribution < 1.29 is 66.7 Å². The summed E-state index contributed by atoms with van der Waals surface area (Å²) in [6.07, 6.45) is 22.1. The van der Waals surface area contributed by atoms with Crippen molar-refractivity contribution in [3.8, 4) is 0 Å². The van der Waals surface area contributed by atoms with E-state index >= 15 is 0 Å². The van der Waals surface area contributed by atoms with Crippen LogP contribution in [0.1, 0.15) is 236 Å². The van der Waals surface area contributed by atoms with E-state index in [4.69, 9.17) is 48.1 Å². The van der Waals surface area contributed by atoms with Crippen molar-refractivity contribution >= 4 is 58.9 Å². The highest BCUT2D eigenvalue weighted by atomic mass is 16.5. The van der Waals surface area contributed by atoms with Crippen LogP contribution in [0.25, 0.3) is 0 Å². The van der Waals surface area contributed by atoms with Gasteiger partial charge in [0.15, 0.2) is 0 Å². The Morgan fingerprint density at radius 2 is 1.00 bits per heavy atom. The zero-order chi connectivity index (χ0) is 64.3. The first-order valence-electron chi connectivity index (χ1n) is 32.6. The number of nitrogens with zero attached hydrogens (tertiary/aromatic N) is 3. The number of fused-ring (bicyclic) bond motifs is 6. The summed E-state index contributed by atoms with van der Waals surface area (Å²) in [5.74, 6) is -5.54. The number of esters is 7. The number of allylic oxidation sites excluding steroid dienone is 6. The highest BCUT2D eigenvalue weighted by Crippen LogP contribution is 2.63. The lowest BCUT2D eigenvalue weighted by Crippen LogP contribution is -2.55. The zero-order valence-electron chi connectivity index (χ0n) is 55.8. The van der Waals surface area contributed by atoms with Crippen molar-refractivity contribution in [3.63, 3.8) is 0 Å². The monoisotopic (exact) mass is 1220 g/mol. The normalized spacial score (nSPS) is 29.3. The largest absolute Gasteiger partial charge is 0.469 e. The zero-order valence-corrected chi connectivity index (χ0v) is 55.8. The fourth-order valence-corrected chi connectivity index (χ4v) is 15.1. The topological polar surface area (TPSA) is 233 Å². The predicted octanol–water partition coefficient (Wildman–Crippen LogP) is 13.2. The number of ether oxygens (including phenoxy) is 7. The molecule has 0 aromatic heterocycles. The van der Waals surface area contributed by atoms with Crippen LogP contribution in [0.5, 0.6) is 0 Å². The lowest BCUT2D eigenvalue weighted by Gasteiger charge is -2.48. The Balaban J connectivity index is 1.70. The van der Waals surface area contributed by atoms with Gasteiger partial charge in [-0.1, -0.05) is 138 Å². The van der Waals surface area contributed by atoms with Gasteiger partial charge in [-0.3, -0.25) is 48.5 Å². The van der Waals surface area contributed by atoms with Crippen LogP contribution in [0.15, 0.2) is 49.3 Å². The summed E-state index contributed by atoms with van der Waals surface area (Å²) in [6.45, 7) is 18.5. The third kappa shape index (κ3) is 17.0. The average Bonchev–Trinajstić information content (AvgIpc) is 1.55. The summed E-state index contributed by atoms with van der Waals surface area (Å²) >= 11 is 0. The molecule has 8 bridgehead atoms. The molecule has 0 amide bonds. The number of rotatable bonds is 35. The lowest BCUT2D eigenvalue weighted by molar-refractivity contribution is -0.147. The number of nitrogens with one attached hydrogen (secondary N) is 1. The van der Waals surface area contributed by atoms with Crippen LogP contribution in [0, 0.1) is 45.3 Å². The molecule has 18 nitrogen and oxygen atoms in total. The third-order valence-corrected chi connectivity index (χ3v) is 20.9. The van der Waals surface area contributed by atoms with Gasteiger partial charge >= 0.3 is 41.8 Å². The number of hydrogen-bond donors (Lipinski definition) is 1. The van der Waals surface area contributed by atoms with Crippen molar-refractivity contribution in [2.75, 3.05) is 49.3 Å². The highest BCUT2D eigenvalue weighted by molar-refractivity contribution is 6.10. The molecule has 0 aliphatic carbocycles. The second-order valence-corrected chi connectivity index (χ2v) is 26.7. The van der Waals surface area contributed by atoms with Gasteiger partial charge in [-0.15, -0.1) is 0 Å². The van der Waals surface area contributed by atoms with Crippen molar-refractivity contribution in [3.05, 3.63) is 34.3 Å². The lowest BCUT2D eigenvalue weighted by atomic mass is 9.55. The summed E-state index contributed by atoms with van der Waals surface area (Å²) < 4.78 is 38.1. The molecule has 5 heterocycles. The maximum atomic E-state index is 14.7. The van der Waals surface area contributed by atoms with E-state index in [-0.39, 0.29) is 70.8 Å². The second-order valence-electron chi connectivity index (χ2n) is 26.7. The molecule has 1 N–H and O–H groups in total. The Morgan fingerprint density at radius 3 is 1.51 bits per heavy atom. The van der Waals surface area contributed by atoms with E-state index < -0.39 is 98.7 Å². The predicted molar refractivity (Wildman–Crippen MR) is 337 cm³/mol. The SMILES string of the molecule is CCCCCCCCCCCCCCCCCCOC(=O)C[C@]1(C)/C2=C(\C)C3=N[C@@](C)([C@@H]4N=C(/C(C)=C5N=C(/C=C(\N2)[C@H]1CCC(=O)OC)C(C)(C)[C@@H]\5CCC(=O)OC)[C@](C)(CCC(=O)OC)[C@H]4CC(=O)OC)[C@@](C)(CC(=O)OC)[C@@H]3CCC(=O)OC. The molecule has 0 aromatic carbocycles. The van der Waals surface area contributed by atoms with Gasteiger partial charge in [0.1, 0.15) is 0 Å². The van der Waals surface area contributed by atoms with Gasteiger partial charge in [0.25, 0.3) is 0 Å². The van der Waals surface area contributed by atoms with Gasteiger partial charge in [0.05, 0.1) is 80.1 Å². The van der Waals surface area contributed by atoms with Crippen molar-refractivity contribution in [1.82, 2.24) is 5.32 Å². The van der Waals surface area contributed by atoms with Gasteiger partial charge in [-0.05, 0) is 70.1 Å². The summed E-state index contributed by atoms with van der Waals surface area (Å²) in [7, 11) is 8.01. The fraction of sp³-hybridized carbons (Fsp3) is 0.768. The smallest absolute Gasteiger partial charge is 0.306 e. The number of carbonyl (C=O) groups is 7. The molecule has 0 spiro atoms. The molecule has 1 saturated heterocycles. The van der Waals surface area contributed by atoms with Crippen molar-refractivity contribution in [2.24, 2.45) is 60.3 Å². The van der Waals surface area contributed by atoms with E-state index in [1.807, 2.05) is 47.6 Å². The summed E-state index contributed by atoms with van der Waals surface area (Å²) in [5, 5.41) is 3.84. The van der Waals surface area contributed by atoms with Crippen molar-refractivity contribution in [1.29, 1.82) is 0 Å². The minimum atomic E-state index is -1.38. The standard InChI is InChI=1S/C69H108N4O14/c1-16-17-18-19-20-21-22-23-24-25-26-27-28-29-30-31-40-87-59(80)43-67(7)47(32-35-53(74)81-10)51-42-52-65(4,5)48(33-36-54(75)82-11)60(71-52)45(2)62-66(6,39-38-56(77)84-13)50(41-57(78)85-14)64(72-62)69(9)68(8,44-58(79)86-15)49(34-37-55(76)83-12)61(73-69)46(3)63(67)70-51/h42,47-50,64,70H,16-41,43-44H2,1-15H3/b51-42-,60-45-,63-46-/t47-,48-,49-,50+,64-,66-,67+,68+,69+/m1/s1. The number of methoxy groups -OCH3 is 6. The molecule has 5 aliphatic heterocycles.